The van der Waals surface area contributed by atoms with Crippen molar-refractivity contribution in [2.24, 2.45) is 0 Å². The Morgan fingerprint density at radius 1 is 1.36 bits per heavy atom. The van der Waals surface area contributed by atoms with Gasteiger partial charge in [-0.1, -0.05) is 12.1 Å². The summed E-state index contributed by atoms with van der Waals surface area (Å²) in [6.07, 6.45) is 0. The largest absolute Gasteiger partial charge is 0.480 e. The number of hydrogen-bond donors (Lipinski definition) is 2. The molecule has 0 radical (unpaired) electrons. The van der Waals surface area contributed by atoms with Crippen LogP contribution in [0.25, 0.3) is 11.3 Å². The van der Waals surface area contributed by atoms with E-state index in [2.05, 4.69) is 10.3 Å². The molecular weight excluding hydrogens is 302 g/mol. The lowest BCUT2D eigenvalue weighted by molar-refractivity contribution is -0.138. The quantitative estimate of drug-likeness (QED) is 0.852. The first-order valence-electron chi connectivity index (χ1n) is 6.67. The summed E-state index contributed by atoms with van der Waals surface area (Å²) in [7, 11) is 1.59. The molecule has 7 heteroatoms. The van der Waals surface area contributed by atoms with E-state index in [1.165, 1.54) is 4.90 Å². The topological polar surface area (TPSA) is 82.5 Å². The molecule has 6 nitrogen and oxygen atoms in total. The molecule has 0 saturated heterocycles. The number of nitrogens with one attached hydrogen (secondary N) is 1. The van der Waals surface area contributed by atoms with E-state index in [-0.39, 0.29) is 19.0 Å². The minimum absolute atomic E-state index is 0.0202. The molecule has 0 aliphatic rings. The summed E-state index contributed by atoms with van der Waals surface area (Å²) >= 11 is 1.57. The van der Waals surface area contributed by atoms with Crippen molar-refractivity contribution < 1.29 is 14.7 Å². The Morgan fingerprint density at radius 2 is 2.14 bits per heavy atom. The molecule has 0 bridgehead atoms. The van der Waals surface area contributed by atoms with Crippen molar-refractivity contribution in [1.82, 2.24) is 9.88 Å². The summed E-state index contributed by atoms with van der Waals surface area (Å²) in [5.74, 6) is -1.22. The van der Waals surface area contributed by atoms with Crippen molar-refractivity contribution in [2.45, 2.75) is 6.92 Å². The molecule has 116 valence electrons. The molecular formula is C15H17N3O3S. The summed E-state index contributed by atoms with van der Waals surface area (Å²) < 4.78 is 0. The maximum Gasteiger partial charge on any atom is 0.317 e. The van der Waals surface area contributed by atoms with Gasteiger partial charge in [0.2, 0.25) is 5.91 Å². The first-order chi connectivity index (χ1) is 10.4. The summed E-state index contributed by atoms with van der Waals surface area (Å²) in [6, 6.07) is 7.42. The van der Waals surface area contributed by atoms with E-state index in [4.69, 9.17) is 5.11 Å². The van der Waals surface area contributed by atoms with Gasteiger partial charge in [-0.05, 0) is 26.1 Å². The zero-order chi connectivity index (χ0) is 16.1. The number of carboxylic acid groups (broad SMARTS) is 1. The minimum Gasteiger partial charge on any atom is -0.480 e. The number of nitrogens with zero attached hydrogens (tertiary/aromatic N) is 2. The number of carboxylic acids is 1. The highest BCUT2D eigenvalue weighted by molar-refractivity contribution is 7.09. The molecule has 1 heterocycles. The molecule has 0 aliphatic heterocycles. The van der Waals surface area contributed by atoms with Crippen LogP contribution in [-0.2, 0) is 9.59 Å². The number of aryl methyl sites for hydroxylation is 1. The second kappa shape index (κ2) is 7.15. The van der Waals surface area contributed by atoms with Crippen LogP contribution in [0.4, 0.5) is 5.69 Å². The summed E-state index contributed by atoms with van der Waals surface area (Å²) in [6.45, 7) is 1.79. The van der Waals surface area contributed by atoms with Gasteiger partial charge in [0.25, 0.3) is 0 Å². The SMILES string of the molecule is Cc1nc(-c2cccc(NC(=O)CN(C)CC(=O)O)c2)cs1. The van der Waals surface area contributed by atoms with Gasteiger partial charge in [0.15, 0.2) is 0 Å². The summed E-state index contributed by atoms with van der Waals surface area (Å²) in [5, 5.41) is 14.4. The second-order valence-electron chi connectivity index (χ2n) is 4.95. The molecule has 0 unspecified atom stereocenters. The van der Waals surface area contributed by atoms with Crippen LogP contribution in [0.3, 0.4) is 0 Å². The number of amides is 1. The van der Waals surface area contributed by atoms with Crippen LogP contribution in [0.15, 0.2) is 29.6 Å². The number of carbonyl (C=O) groups excluding carboxylic acids is 1. The number of aromatic nitrogens is 1. The van der Waals surface area contributed by atoms with Crippen LogP contribution in [0.1, 0.15) is 5.01 Å². The predicted octanol–water partition coefficient (Wildman–Crippen LogP) is 2.07. The van der Waals surface area contributed by atoms with Gasteiger partial charge in [-0.25, -0.2) is 4.98 Å². The van der Waals surface area contributed by atoms with Gasteiger partial charge in [0.05, 0.1) is 23.8 Å². The van der Waals surface area contributed by atoms with Crippen LogP contribution in [-0.4, -0.2) is 47.0 Å². The lowest BCUT2D eigenvalue weighted by Gasteiger charge is -2.13. The molecule has 2 aromatic rings. The molecule has 0 saturated carbocycles. The fourth-order valence-corrected chi connectivity index (χ4v) is 2.61. The van der Waals surface area contributed by atoms with Gasteiger partial charge < -0.3 is 10.4 Å². The third-order valence-corrected chi connectivity index (χ3v) is 3.65. The van der Waals surface area contributed by atoms with E-state index in [1.54, 1.807) is 24.5 Å². The van der Waals surface area contributed by atoms with Crippen LogP contribution in [0, 0.1) is 6.92 Å². The molecule has 22 heavy (non-hydrogen) atoms. The smallest absolute Gasteiger partial charge is 0.317 e. The standard InChI is InChI=1S/C15H17N3O3S/c1-10-16-13(9-22-10)11-4-3-5-12(6-11)17-14(19)7-18(2)8-15(20)21/h3-6,9H,7-8H2,1-2H3,(H,17,19)(H,20,21). The van der Waals surface area contributed by atoms with Crippen molar-refractivity contribution in [1.29, 1.82) is 0 Å². The lowest BCUT2D eigenvalue weighted by Crippen LogP contribution is -2.33. The minimum atomic E-state index is -0.962. The van der Waals surface area contributed by atoms with E-state index < -0.39 is 5.97 Å². The highest BCUT2D eigenvalue weighted by Crippen LogP contribution is 2.24. The molecule has 1 aromatic heterocycles. The monoisotopic (exact) mass is 319 g/mol. The van der Waals surface area contributed by atoms with Crippen LogP contribution in [0.5, 0.6) is 0 Å². The Labute approximate surface area is 132 Å². The number of hydrogen-bond acceptors (Lipinski definition) is 5. The highest BCUT2D eigenvalue weighted by Gasteiger charge is 2.10. The Morgan fingerprint density at radius 3 is 2.77 bits per heavy atom. The third kappa shape index (κ3) is 4.64. The van der Waals surface area contributed by atoms with Gasteiger partial charge >= 0.3 is 5.97 Å². The fraction of sp³-hybridized carbons (Fsp3) is 0.267. The lowest BCUT2D eigenvalue weighted by atomic mass is 10.1. The first kappa shape index (κ1) is 16.1. The van der Waals surface area contributed by atoms with Crippen molar-refractivity contribution in [2.75, 3.05) is 25.5 Å². The number of carbonyl (C=O) groups is 2. The number of aliphatic carboxylic acids is 1. The number of benzene rings is 1. The molecule has 0 aliphatic carbocycles. The van der Waals surface area contributed by atoms with Crippen molar-refractivity contribution in [3.05, 3.63) is 34.7 Å². The Balaban J connectivity index is 2.01. The van der Waals surface area contributed by atoms with Crippen molar-refractivity contribution in [3.63, 3.8) is 0 Å². The van der Waals surface area contributed by atoms with Gasteiger partial charge in [-0.15, -0.1) is 11.3 Å². The van der Waals surface area contributed by atoms with E-state index in [9.17, 15) is 9.59 Å². The zero-order valence-corrected chi connectivity index (χ0v) is 13.2. The Bertz CT molecular complexity index is 684. The van der Waals surface area contributed by atoms with Gasteiger partial charge in [0.1, 0.15) is 0 Å². The summed E-state index contributed by atoms with van der Waals surface area (Å²) in [5.41, 5.74) is 2.47. The molecule has 2 rings (SSSR count). The number of rotatable bonds is 6. The van der Waals surface area contributed by atoms with Crippen LogP contribution >= 0.6 is 11.3 Å². The Kier molecular flexibility index (Phi) is 5.24. The van der Waals surface area contributed by atoms with Crippen LogP contribution < -0.4 is 5.32 Å². The maximum absolute atomic E-state index is 11.9. The second-order valence-corrected chi connectivity index (χ2v) is 6.01. The van der Waals surface area contributed by atoms with Crippen molar-refractivity contribution >= 4 is 28.9 Å². The van der Waals surface area contributed by atoms with Gasteiger partial charge in [0, 0.05) is 16.6 Å². The fourth-order valence-electron chi connectivity index (χ4n) is 1.98. The normalized spacial score (nSPS) is 10.7. The van der Waals surface area contributed by atoms with Gasteiger partial charge in [-0.2, -0.15) is 0 Å². The molecule has 0 atom stereocenters. The van der Waals surface area contributed by atoms with E-state index in [1.807, 2.05) is 30.5 Å². The first-order valence-corrected chi connectivity index (χ1v) is 7.55. The number of thiazole rings is 1. The zero-order valence-electron chi connectivity index (χ0n) is 12.4. The van der Waals surface area contributed by atoms with E-state index in [0.717, 1.165) is 16.3 Å². The summed E-state index contributed by atoms with van der Waals surface area (Å²) in [4.78, 5) is 28.3. The highest BCUT2D eigenvalue weighted by atomic mass is 32.1. The number of anilines is 1. The predicted molar refractivity (Wildman–Crippen MR) is 86.0 cm³/mol. The molecule has 0 fully saturated rings. The molecule has 1 aromatic carbocycles. The van der Waals surface area contributed by atoms with E-state index in [0.29, 0.717) is 5.69 Å². The van der Waals surface area contributed by atoms with E-state index >= 15 is 0 Å². The average Bonchev–Trinajstić information content (AvgIpc) is 2.84. The molecule has 2 N–H and O–H groups in total. The average molecular weight is 319 g/mol. The molecule has 1 amide bonds. The maximum atomic E-state index is 11.9. The van der Waals surface area contributed by atoms with Crippen molar-refractivity contribution in [3.8, 4) is 11.3 Å². The Hall–Kier alpha value is -2.25. The molecule has 0 spiro atoms. The van der Waals surface area contributed by atoms with Crippen LogP contribution in [0.2, 0.25) is 0 Å². The van der Waals surface area contributed by atoms with Gasteiger partial charge in [-0.3, -0.25) is 14.5 Å². The number of likely N-dealkylation sites (N-methyl/N-ethyl adjacent to an activating group) is 1. The third-order valence-electron chi connectivity index (χ3n) is 2.88.